The smallest absolute Gasteiger partial charge is 0.330 e. The summed E-state index contributed by atoms with van der Waals surface area (Å²) in [6.45, 7) is 0.178. The van der Waals surface area contributed by atoms with Crippen LogP contribution in [0.2, 0.25) is 0 Å². The number of aromatic nitrogens is 2. The summed E-state index contributed by atoms with van der Waals surface area (Å²) in [5, 5.41) is 0. The summed E-state index contributed by atoms with van der Waals surface area (Å²) in [4.78, 5) is 37.2. The van der Waals surface area contributed by atoms with Crippen molar-refractivity contribution >= 4 is 5.91 Å². The molecule has 1 aromatic rings. The van der Waals surface area contributed by atoms with Crippen molar-refractivity contribution in [3.63, 3.8) is 0 Å². The van der Waals surface area contributed by atoms with Gasteiger partial charge in [-0.15, -0.1) is 0 Å². The van der Waals surface area contributed by atoms with Gasteiger partial charge >= 0.3 is 5.69 Å². The SMILES string of the molecule is CN(Cc1cn(C)c(=O)n(C)c1=O)C(=O)CC(N)C1CC1. The van der Waals surface area contributed by atoms with Crippen LogP contribution in [0.1, 0.15) is 24.8 Å². The number of carbonyl (C=O) groups excluding carboxylic acids is 1. The van der Waals surface area contributed by atoms with Crippen molar-refractivity contribution in [3.05, 3.63) is 32.6 Å². The Morgan fingerprint density at radius 3 is 2.62 bits per heavy atom. The third-order valence-electron chi connectivity index (χ3n) is 3.99. The maximum atomic E-state index is 12.1. The second-order valence-corrected chi connectivity index (χ2v) is 5.87. The minimum Gasteiger partial charge on any atom is -0.341 e. The van der Waals surface area contributed by atoms with Crippen LogP contribution in [0.4, 0.5) is 0 Å². The average molecular weight is 294 g/mol. The Bertz CT molecular complexity index is 657. The van der Waals surface area contributed by atoms with Gasteiger partial charge in [0.25, 0.3) is 5.56 Å². The number of carbonyl (C=O) groups is 1. The van der Waals surface area contributed by atoms with Gasteiger partial charge < -0.3 is 15.2 Å². The van der Waals surface area contributed by atoms with Gasteiger partial charge in [0, 0.05) is 39.8 Å². The van der Waals surface area contributed by atoms with Crippen LogP contribution in [0.25, 0.3) is 0 Å². The molecule has 1 aliphatic rings. The Morgan fingerprint density at radius 1 is 1.43 bits per heavy atom. The zero-order valence-electron chi connectivity index (χ0n) is 12.7. The zero-order chi connectivity index (χ0) is 15.7. The predicted octanol–water partition coefficient (Wildman–Crippen LogP) is -0.830. The van der Waals surface area contributed by atoms with Gasteiger partial charge in [-0.2, -0.15) is 0 Å². The molecular formula is C14H22N4O3. The van der Waals surface area contributed by atoms with Gasteiger partial charge in [0.1, 0.15) is 0 Å². The molecule has 116 valence electrons. The van der Waals surface area contributed by atoms with E-state index in [1.165, 1.54) is 22.7 Å². The first-order valence-electron chi connectivity index (χ1n) is 7.06. The molecule has 7 nitrogen and oxygen atoms in total. The monoisotopic (exact) mass is 294 g/mol. The summed E-state index contributed by atoms with van der Waals surface area (Å²) in [5.74, 6) is 0.387. The summed E-state index contributed by atoms with van der Waals surface area (Å²) in [7, 11) is 4.65. The van der Waals surface area contributed by atoms with Crippen LogP contribution >= 0.6 is 0 Å². The molecule has 1 aromatic heterocycles. The number of hydrogen-bond acceptors (Lipinski definition) is 4. The highest BCUT2D eigenvalue weighted by Crippen LogP contribution is 2.32. The fourth-order valence-electron chi connectivity index (χ4n) is 2.38. The number of aryl methyl sites for hydroxylation is 1. The lowest BCUT2D eigenvalue weighted by Gasteiger charge is -2.19. The molecule has 1 atom stereocenters. The molecule has 0 aromatic carbocycles. The summed E-state index contributed by atoms with van der Waals surface area (Å²) >= 11 is 0. The summed E-state index contributed by atoms with van der Waals surface area (Å²) in [6.07, 6.45) is 3.97. The number of nitrogens with two attached hydrogens (primary N) is 1. The fourth-order valence-corrected chi connectivity index (χ4v) is 2.38. The van der Waals surface area contributed by atoms with Gasteiger partial charge in [0.15, 0.2) is 0 Å². The average Bonchev–Trinajstić information content (AvgIpc) is 3.26. The molecule has 1 fully saturated rings. The zero-order valence-corrected chi connectivity index (χ0v) is 12.7. The molecular weight excluding hydrogens is 272 g/mol. The standard InChI is InChI=1S/C14H22N4O3/c1-16(12(19)6-11(15)9-4-5-9)7-10-8-17(2)14(21)18(3)13(10)20/h8-9,11H,4-7,15H2,1-3H3. The van der Waals surface area contributed by atoms with Crippen LogP contribution in [0.15, 0.2) is 15.8 Å². The summed E-state index contributed by atoms with van der Waals surface area (Å²) < 4.78 is 2.38. The first-order chi connectivity index (χ1) is 9.81. The summed E-state index contributed by atoms with van der Waals surface area (Å²) in [5.41, 5.74) is 5.61. The molecule has 1 heterocycles. The van der Waals surface area contributed by atoms with Crippen LogP contribution in [-0.4, -0.2) is 33.0 Å². The molecule has 0 radical (unpaired) electrons. The third kappa shape index (κ3) is 3.41. The number of amides is 1. The Kier molecular flexibility index (Phi) is 4.32. The quantitative estimate of drug-likeness (QED) is 0.767. The maximum absolute atomic E-state index is 12.1. The van der Waals surface area contributed by atoms with E-state index in [1.54, 1.807) is 14.1 Å². The van der Waals surface area contributed by atoms with E-state index in [2.05, 4.69) is 0 Å². The van der Waals surface area contributed by atoms with Crippen LogP contribution in [0.3, 0.4) is 0 Å². The Balaban J connectivity index is 2.08. The Hall–Kier alpha value is -1.89. The largest absolute Gasteiger partial charge is 0.341 e. The van der Waals surface area contributed by atoms with E-state index >= 15 is 0 Å². The van der Waals surface area contributed by atoms with E-state index < -0.39 is 0 Å². The van der Waals surface area contributed by atoms with Crippen molar-refractivity contribution in [2.45, 2.75) is 31.8 Å². The van der Waals surface area contributed by atoms with E-state index in [0.717, 1.165) is 17.4 Å². The van der Waals surface area contributed by atoms with Crippen LogP contribution in [0, 0.1) is 5.92 Å². The molecule has 1 aliphatic carbocycles. The normalized spacial score (nSPS) is 15.8. The van der Waals surface area contributed by atoms with Crippen molar-refractivity contribution in [1.82, 2.24) is 14.0 Å². The first kappa shape index (κ1) is 15.5. The molecule has 0 spiro atoms. The van der Waals surface area contributed by atoms with Crippen LogP contribution in [0.5, 0.6) is 0 Å². The van der Waals surface area contributed by atoms with E-state index in [4.69, 9.17) is 5.73 Å². The second-order valence-electron chi connectivity index (χ2n) is 5.87. The molecule has 2 rings (SSSR count). The lowest BCUT2D eigenvalue weighted by atomic mass is 10.1. The third-order valence-corrected chi connectivity index (χ3v) is 3.99. The van der Waals surface area contributed by atoms with Crippen LogP contribution < -0.4 is 17.0 Å². The molecule has 0 aliphatic heterocycles. The first-order valence-corrected chi connectivity index (χ1v) is 7.06. The minimum atomic E-state index is -0.381. The molecule has 1 unspecified atom stereocenters. The second kappa shape index (κ2) is 5.85. The van der Waals surface area contributed by atoms with Gasteiger partial charge in [-0.3, -0.25) is 14.2 Å². The van der Waals surface area contributed by atoms with Crippen LogP contribution in [-0.2, 0) is 25.4 Å². The van der Waals surface area contributed by atoms with Crippen molar-refractivity contribution in [3.8, 4) is 0 Å². The molecule has 21 heavy (non-hydrogen) atoms. The summed E-state index contributed by atoms with van der Waals surface area (Å²) in [6, 6.07) is -0.0945. The molecule has 0 saturated heterocycles. The van der Waals surface area contributed by atoms with E-state index in [0.29, 0.717) is 17.9 Å². The fraction of sp³-hybridized carbons (Fsp3) is 0.643. The predicted molar refractivity (Wildman–Crippen MR) is 78.7 cm³/mol. The highest BCUT2D eigenvalue weighted by Gasteiger charge is 2.30. The number of rotatable bonds is 5. The van der Waals surface area contributed by atoms with Crippen molar-refractivity contribution in [2.75, 3.05) is 7.05 Å². The van der Waals surface area contributed by atoms with Crippen molar-refractivity contribution in [2.24, 2.45) is 25.7 Å². The Labute approximate surface area is 123 Å². The molecule has 7 heteroatoms. The Morgan fingerprint density at radius 2 is 2.05 bits per heavy atom. The van der Waals surface area contributed by atoms with E-state index in [9.17, 15) is 14.4 Å². The number of nitrogens with zero attached hydrogens (tertiary/aromatic N) is 3. The van der Waals surface area contributed by atoms with Crippen molar-refractivity contribution < 1.29 is 4.79 Å². The molecule has 0 bridgehead atoms. The lowest BCUT2D eigenvalue weighted by molar-refractivity contribution is -0.130. The van der Waals surface area contributed by atoms with Gasteiger partial charge in [-0.25, -0.2) is 4.79 Å². The van der Waals surface area contributed by atoms with Gasteiger partial charge in [-0.1, -0.05) is 0 Å². The van der Waals surface area contributed by atoms with Crippen molar-refractivity contribution in [1.29, 1.82) is 0 Å². The number of hydrogen-bond donors (Lipinski definition) is 1. The van der Waals surface area contributed by atoms with E-state index in [-0.39, 0.29) is 29.7 Å². The highest BCUT2D eigenvalue weighted by molar-refractivity contribution is 5.76. The lowest BCUT2D eigenvalue weighted by Crippen LogP contribution is -2.41. The molecule has 1 saturated carbocycles. The van der Waals surface area contributed by atoms with Gasteiger partial charge in [-0.05, 0) is 18.8 Å². The van der Waals surface area contributed by atoms with E-state index in [1.807, 2.05) is 0 Å². The van der Waals surface area contributed by atoms with Gasteiger partial charge in [0.05, 0.1) is 12.1 Å². The minimum absolute atomic E-state index is 0.0784. The molecule has 1 amide bonds. The maximum Gasteiger partial charge on any atom is 0.330 e. The van der Waals surface area contributed by atoms with Gasteiger partial charge in [0.2, 0.25) is 5.91 Å². The highest BCUT2D eigenvalue weighted by atomic mass is 16.2. The topological polar surface area (TPSA) is 90.3 Å². The molecule has 2 N–H and O–H groups in total.